The average Bonchev–Trinajstić information content (AvgIpc) is 2.62. The summed E-state index contributed by atoms with van der Waals surface area (Å²) in [7, 11) is 0. The lowest BCUT2D eigenvalue weighted by Crippen LogP contribution is -2.59. The monoisotopic (exact) mass is 432 g/mol. The summed E-state index contributed by atoms with van der Waals surface area (Å²) in [6.07, 6.45) is -0.735. The molecule has 11 heteroatoms. The van der Waals surface area contributed by atoms with Crippen molar-refractivity contribution >= 4 is 23.7 Å². The number of amides is 3. The smallest absolute Gasteiger partial charge is 0.326 e. The lowest BCUT2D eigenvalue weighted by Gasteiger charge is -2.26. The maximum absolute atomic E-state index is 12.6. The van der Waals surface area contributed by atoms with Gasteiger partial charge >= 0.3 is 5.97 Å². The molecule has 0 aliphatic heterocycles. The Bertz CT molecular complexity index is 595. The average molecular weight is 433 g/mol. The van der Waals surface area contributed by atoms with Crippen LogP contribution in [0.4, 0.5) is 0 Å². The summed E-state index contributed by atoms with van der Waals surface area (Å²) >= 11 is 0. The van der Waals surface area contributed by atoms with Crippen LogP contribution in [0.3, 0.4) is 0 Å². The van der Waals surface area contributed by atoms with E-state index in [0.29, 0.717) is 0 Å². The van der Waals surface area contributed by atoms with Crippen molar-refractivity contribution in [3.8, 4) is 0 Å². The minimum atomic E-state index is -1.39. The molecule has 30 heavy (non-hydrogen) atoms. The zero-order valence-corrected chi connectivity index (χ0v) is 18.2. The fourth-order valence-electron chi connectivity index (χ4n) is 2.62. The van der Waals surface area contributed by atoms with Crippen molar-refractivity contribution in [1.82, 2.24) is 16.0 Å². The van der Waals surface area contributed by atoms with E-state index in [1.165, 1.54) is 6.92 Å². The number of rotatable bonds is 13. The van der Waals surface area contributed by atoms with Crippen LogP contribution < -0.4 is 21.7 Å². The largest absolute Gasteiger partial charge is 0.480 e. The van der Waals surface area contributed by atoms with Gasteiger partial charge < -0.3 is 37.0 Å². The third-order valence-corrected chi connectivity index (χ3v) is 4.30. The van der Waals surface area contributed by atoms with Gasteiger partial charge in [0, 0.05) is 0 Å². The lowest BCUT2D eigenvalue weighted by atomic mass is 10.00. The number of aliphatic hydroxyl groups is 2. The van der Waals surface area contributed by atoms with Gasteiger partial charge in [0.05, 0.1) is 12.7 Å². The highest BCUT2D eigenvalue weighted by atomic mass is 16.4. The number of aliphatic carboxylic acids is 1. The number of nitrogens with two attached hydrogens (primary N) is 1. The Hall–Kier alpha value is -2.24. The molecule has 0 heterocycles. The van der Waals surface area contributed by atoms with Crippen molar-refractivity contribution in [3.63, 3.8) is 0 Å². The highest BCUT2D eigenvalue weighted by Crippen LogP contribution is 2.09. The Labute approximate surface area is 176 Å². The van der Waals surface area contributed by atoms with Gasteiger partial charge in [-0.15, -0.1) is 0 Å². The van der Waals surface area contributed by atoms with Gasteiger partial charge in [0.15, 0.2) is 0 Å². The molecule has 0 aromatic heterocycles. The first-order valence-electron chi connectivity index (χ1n) is 9.98. The van der Waals surface area contributed by atoms with Crippen LogP contribution in [-0.4, -0.2) is 75.9 Å². The molecule has 0 spiro atoms. The second-order valence-electron chi connectivity index (χ2n) is 8.23. The molecule has 0 radical (unpaired) electrons. The van der Waals surface area contributed by atoms with Crippen molar-refractivity contribution in [3.05, 3.63) is 0 Å². The first kappa shape index (κ1) is 27.8. The minimum Gasteiger partial charge on any atom is -0.480 e. The molecule has 8 N–H and O–H groups in total. The standard InChI is InChI=1S/C19H36N4O7/c1-9(2)6-12(16(26)22-13(19(29)30)7-10(3)4)21-17(27)14(8-24)23-18(28)15(20)11(5)25/h9-15,24-25H,6-8,20H2,1-5H3,(H,21,27)(H,22,26)(H,23,28)(H,29,30). The first-order valence-corrected chi connectivity index (χ1v) is 9.98. The summed E-state index contributed by atoms with van der Waals surface area (Å²) in [5, 5.41) is 35.3. The van der Waals surface area contributed by atoms with Crippen LogP contribution in [0.15, 0.2) is 0 Å². The molecule has 5 unspecified atom stereocenters. The number of hydrogen-bond donors (Lipinski definition) is 7. The molecule has 0 saturated heterocycles. The Balaban J connectivity index is 5.28. The van der Waals surface area contributed by atoms with Gasteiger partial charge in [-0.05, 0) is 31.6 Å². The van der Waals surface area contributed by atoms with Crippen molar-refractivity contribution in [2.45, 2.75) is 77.7 Å². The number of carbonyl (C=O) groups is 4. The molecule has 0 aliphatic rings. The van der Waals surface area contributed by atoms with E-state index in [4.69, 9.17) is 5.73 Å². The number of carboxylic acid groups (broad SMARTS) is 1. The number of nitrogens with one attached hydrogen (secondary N) is 3. The molecule has 0 aliphatic carbocycles. The van der Waals surface area contributed by atoms with E-state index in [1.807, 2.05) is 27.7 Å². The van der Waals surface area contributed by atoms with Crippen molar-refractivity contribution < 1.29 is 34.5 Å². The third kappa shape index (κ3) is 9.99. The van der Waals surface area contributed by atoms with Gasteiger partial charge in [0.2, 0.25) is 17.7 Å². The van der Waals surface area contributed by atoms with Gasteiger partial charge in [-0.1, -0.05) is 27.7 Å². The van der Waals surface area contributed by atoms with Gasteiger partial charge in [-0.2, -0.15) is 0 Å². The number of carbonyl (C=O) groups excluding carboxylic acids is 3. The zero-order valence-electron chi connectivity index (χ0n) is 18.2. The summed E-state index contributed by atoms with van der Waals surface area (Å²) in [6, 6.07) is -4.87. The fourth-order valence-corrected chi connectivity index (χ4v) is 2.62. The lowest BCUT2D eigenvalue weighted by molar-refractivity contribution is -0.143. The molecular weight excluding hydrogens is 396 g/mol. The predicted octanol–water partition coefficient (Wildman–Crippen LogP) is -1.68. The Morgan fingerprint density at radius 1 is 0.767 bits per heavy atom. The number of carboxylic acids is 1. The Morgan fingerprint density at radius 2 is 1.17 bits per heavy atom. The highest BCUT2D eigenvalue weighted by Gasteiger charge is 2.31. The second kappa shape index (κ2) is 13.1. The number of hydrogen-bond acceptors (Lipinski definition) is 7. The van der Waals surface area contributed by atoms with Crippen LogP contribution in [0.25, 0.3) is 0 Å². The zero-order chi connectivity index (χ0) is 23.6. The molecule has 0 aromatic carbocycles. The molecule has 0 fully saturated rings. The second-order valence-corrected chi connectivity index (χ2v) is 8.23. The Morgan fingerprint density at radius 3 is 1.57 bits per heavy atom. The van der Waals surface area contributed by atoms with Crippen LogP contribution in [0.2, 0.25) is 0 Å². The van der Waals surface area contributed by atoms with Crippen LogP contribution in [0.5, 0.6) is 0 Å². The van der Waals surface area contributed by atoms with E-state index in [9.17, 15) is 34.5 Å². The van der Waals surface area contributed by atoms with E-state index in [-0.39, 0.29) is 24.7 Å². The molecule has 0 rings (SSSR count). The first-order chi connectivity index (χ1) is 13.8. The molecule has 0 aromatic rings. The van der Waals surface area contributed by atoms with Crippen LogP contribution >= 0.6 is 0 Å². The molecule has 174 valence electrons. The highest BCUT2D eigenvalue weighted by molar-refractivity contribution is 5.94. The minimum absolute atomic E-state index is 0.0137. The van der Waals surface area contributed by atoms with Crippen molar-refractivity contribution in [2.75, 3.05) is 6.61 Å². The molecule has 3 amide bonds. The molecule has 0 saturated carbocycles. The van der Waals surface area contributed by atoms with Crippen LogP contribution in [0.1, 0.15) is 47.5 Å². The summed E-state index contributed by atoms with van der Waals surface area (Å²) < 4.78 is 0. The summed E-state index contributed by atoms with van der Waals surface area (Å²) in [5.74, 6) is -3.52. The molecule has 11 nitrogen and oxygen atoms in total. The van der Waals surface area contributed by atoms with Crippen LogP contribution in [0, 0.1) is 11.8 Å². The van der Waals surface area contributed by atoms with Gasteiger partial charge in [0.25, 0.3) is 0 Å². The third-order valence-electron chi connectivity index (χ3n) is 4.30. The summed E-state index contributed by atoms with van der Waals surface area (Å²) in [4.78, 5) is 48.5. The van der Waals surface area contributed by atoms with Crippen molar-refractivity contribution in [1.29, 1.82) is 0 Å². The van der Waals surface area contributed by atoms with Crippen molar-refractivity contribution in [2.24, 2.45) is 17.6 Å². The maximum Gasteiger partial charge on any atom is 0.326 e. The quantitative estimate of drug-likeness (QED) is 0.179. The maximum atomic E-state index is 12.6. The molecular formula is C19H36N4O7. The van der Waals surface area contributed by atoms with E-state index < -0.39 is 60.6 Å². The summed E-state index contributed by atoms with van der Waals surface area (Å²) in [6.45, 7) is 7.83. The SMILES string of the molecule is CC(C)CC(NC(=O)C(CC(C)C)NC(=O)C(CO)NC(=O)C(N)C(C)O)C(=O)O. The Kier molecular flexibility index (Phi) is 12.2. The normalized spacial score (nSPS) is 16.3. The van der Waals surface area contributed by atoms with E-state index >= 15 is 0 Å². The van der Waals surface area contributed by atoms with E-state index in [0.717, 1.165) is 0 Å². The summed E-state index contributed by atoms with van der Waals surface area (Å²) in [5.41, 5.74) is 5.51. The van der Waals surface area contributed by atoms with Crippen LogP contribution in [-0.2, 0) is 19.2 Å². The van der Waals surface area contributed by atoms with Gasteiger partial charge in [-0.25, -0.2) is 4.79 Å². The topological polar surface area (TPSA) is 191 Å². The molecule has 0 bridgehead atoms. The predicted molar refractivity (Wildman–Crippen MR) is 109 cm³/mol. The number of aliphatic hydroxyl groups excluding tert-OH is 2. The fraction of sp³-hybridized carbons (Fsp3) is 0.789. The van der Waals surface area contributed by atoms with Gasteiger partial charge in [-0.3, -0.25) is 14.4 Å². The molecule has 5 atom stereocenters. The van der Waals surface area contributed by atoms with E-state index in [1.54, 1.807) is 0 Å². The van der Waals surface area contributed by atoms with Gasteiger partial charge in [0.1, 0.15) is 24.2 Å². The van der Waals surface area contributed by atoms with E-state index in [2.05, 4.69) is 16.0 Å².